The van der Waals surface area contributed by atoms with Crippen LogP contribution in [0.25, 0.3) is 21.6 Å². The van der Waals surface area contributed by atoms with Crippen LogP contribution in [-0.4, -0.2) is 20.9 Å². The van der Waals surface area contributed by atoms with Crippen molar-refractivity contribution in [1.82, 2.24) is 15.0 Å². The van der Waals surface area contributed by atoms with Crippen molar-refractivity contribution in [1.29, 1.82) is 0 Å². The lowest BCUT2D eigenvalue weighted by atomic mass is 10.2. The van der Waals surface area contributed by atoms with Crippen molar-refractivity contribution in [2.24, 2.45) is 0 Å². The number of carbonyl (C=O) groups is 1. The number of benzene rings is 1. The molecule has 1 amide bonds. The molecule has 6 heteroatoms. The molecule has 0 aliphatic rings. The van der Waals surface area contributed by atoms with E-state index in [0.717, 1.165) is 27.3 Å². The summed E-state index contributed by atoms with van der Waals surface area (Å²) in [7, 11) is 0. The van der Waals surface area contributed by atoms with Gasteiger partial charge in [-0.25, -0.2) is 9.97 Å². The zero-order chi connectivity index (χ0) is 16.5. The maximum atomic E-state index is 12.3. The number of rotatable bonds is 3. The van der Waals surface area contributed by atoms with Gasteiger partial charge in [-0.15, -0.1) is 11.3 Å². The monoisotopic (exact) mass is 334 g/mol. The van der Waals surface area contributed by atoms with Gasteiger partial charge in [0.2, 0.25) is 0 Å². The van der Waals surface area contributed by atoms with Crippen LogP contribution >= 0.6 is 11.3 Å². The molecule has 0 spiro atoms. The first-order chi connectivity index (χ1) is 11.7. The molecule has 0 aliphatic carbocycles. The van der Waals surface area contributed by atoms with Crippen LogP contribution in [0.15, 0.2) is 53.9 Å². The second-order valence-electron chi connectivity index (χ2n) is 5.43. The zero-order valence-electron chi connectivity index (χ0n) is 12.9. The van der Waals surface area contributed by atoms with E-state index in [0.29, 0.717) is 11.5 Å². The van der Waals surface area contributed by atoms with Crippen LogP contribution in [-0.2, 0) is 0 Å². The van der Waals surface area contributed by atoms with Gasteiger partial charge >= 0.3 is 0 Å². The summed E-state index contributed by atoms with van der Waals surface area (Å²) >= 11 is 1.44. The molecule has 1 aromatic carbocycles. The Labute approximate surface area is 142 Å². The van der Waals surface area contributed by atoms with E-state index in [-0.39, 0.29) is 5.91 Å². The van der Waals surface area contributed by atoms with Crippen molar-refractivity contribution in [3.8, 4) is 10.7 Å². The van der Waals surface area contributed by atoms with Crippen molar-refractivity contribution < 1.29 is 4.79 Å². The number of para-hydroxylation sites is 1. The number of pyridine rings is 1. The molecule has 0 bridgehead atoms. The predicted molar refractivity (Wildman–Crippen MR) is 96.3 cm³/mol. The lowest BCUT2D eigenvalue weighted by Crippen LogP contribution is -2.13. The number of thiazole rings is 1. The molecule has 118 valence electrons. The number of hydrogen-bond donors (Lipinski definition) is 2. The number of nitrogens with zero attached hydrogens (tertiary/aromatic N) is 2. The lowest BCUT2D eigenvalue weighted by Gasteiger charge is -2.02. The molecule has 0 radical (unpaired) electrons. The first kappa shape index (κ1) is 14.6. The number of aryl methyl sites for hydroxylation is 1. The Morgan fingerprint density at radius 3 is 2.83 bits per heavy atom. The van der Waals surface area contributed by atoms with Crippen molar-refractivity contribution in [2.75, 3.05) is 5.32 Å². The minimum atomic E-state index is -0.258. The van der Waals surface area contributed by atoms with Crippen molar-refractivity contribution in [2.45, 2.75) is 6.92 Å². The number of fused-ring (bicyclic) bond motifs is 1. The van der Waals surface area contributed by atoms with E-state index >= 15 is 0 Å². The predicted octanol–water partition coefficient (Wildman–Crippen LogP) is 4.25. The minimum Gasteiger partial charge on any atom is -0.353 e. The summed E-state index contributed by atoms with van der Waals surface area (Å²) in [4.78, 5) is 24.4. The summed E-state index contributed by atoms with van der Waals surface area (Å²) in [6.45, 7) is 1.88. The molecule has 0 saturated heterocycles. The zero-order valence-corrected chi connectivity index (χ0v) is 13.7. The molecule has 24 heavy (non-hydrogen) atoms. The summed E-state index contributed by atoms with van der Waals surface area (Å²) in [5.74, 6) is 0.270. The van der Waals surface area contributed by atoms with Gasteiger partial charge in [-0.2, -0.15) is 0 Å². The van der Waals surface area contributed by atoms with E-state index in [4.69, 9.17) is 0 Å². The summed E-state index contributed by atoms with van der Waals surface area (Å²) in [6, 6.07) is 15.6. The van der Waals surface area contributed by atoms with E-state index in [9.17, 15) is 4.79 Å². The number of carbonyl (C=O) groups excluding carboxylic acids is 1. The fourth-order valence-corrected chi connectivity index (χ4v) is 3.25. The van der Waals surface area contributed by atoms with Gasteiger partial charge in [0.05, 0.1) is 5.69 Å². The van der Waals surface area contributed by atoms with Crippen LogP contribution in [0.3, 0.4) is 0 Å². The Balaban J connectivity index is 1.58. The third kappa shape index (κ3) is 2.79. The van der Waals surface area contributed by atoms with Crippen molar-refractivity contribution in [3.63, 3.8) is 0 Å². The summed E-state index contributed by atoms with van der Waals surface area (Å²) in [5.41, 5.74) is 3.20. The maximum Gasteiger partial charge on any atom is 0.276 e. The minimum absolute atomic E-state index is 0.258. The van der Waals surface area contributed by atoms with Gasteiger partial charge in [0.1, 0.15) is 16.5 Å². The van der Waals surface area contributed by atoms with Crippen LogP contribution in [0.1, 0.15) is 16.2 Å². The van der Waals surface area contributed by atoms with Gasteiger partial charge in [-0.1, -0.05) is 24.3 Å². The molecule has 3 heterocycles. The van der Waals surface area contributed by atoms with E-state index < -0.39 is 0 Å². The highest BCUT2D eigenvalue weighted by Gasteiger charge is 2.14. The van der Waals surface area contributed by atoms with E-state index in [1.54, 1.807) is 11.4 Å². The highest BCUT2D eigenvalue weighted by molar-refractivity contribution is 7.13. The summed E-state index contributed by atoms with van der Waals surface area (Å²) in [5, 5.41) is 6.44. The molecular weight excluding hydrogens is 320 g/mol. The van der Waals surface area contributed by atoms with Crippen LogP contribution in [0.5, 0.6) is 0 Å². The van der Waals surface area contributed by atoms with E-state index in [2.05, 4.69) is 20.3 Å². The number of nitrogens with one attached hydrogen (secondary N) is 2. The Kier molecular flexibility index (Phi) is 3.59. The Morgan fingerprint density at radius 1 is 1.12 bits per heavy atom. The van der Waals surface area contributed by atoms with E-state index in [1.165, 1.54) is 11.3 Å². The SMILES string of the molecule is Cc1cccc(NC(=O)c2csc(-c3cc4ccccc4[nH]3)n2)n1. The topological polar surface area (TPSA) is 70.7 Å². The van der Waals surface area contributed by atoms with Crippen LogP contribution in [0, 0.1) is 6.92 Å². The molecule has 2 N–H and O–H groups in total. The molecule has 4 rings (SSSR count). The molecule has 0 fully saturated rings. The quantitative estimate of drug-likeness (QED) is 0.588. The van der Waals surface area contributed by atoms with Crippen molar-refractivity contribution >= 4 is 34.0 Å². The number of aromatic nitrogens is 3. The Hall–Kier alpha value is -2.99. The fourth-order valence-electron chi connectivity index (χ4n) is 2.48. The van der Waals surface area contributed by atoms with Crippen LogP contribution in [0.2, 0.25) is 0 Å². The Morgan fingerprint density at radius 2 is 2.00 bits per heavy atom. The van der Waals surface area contributed by atoms with Gasteiger partial charge in [-0.05, 0) is 31.2 Å². The molecule has 0 saturated carbocycles. The lowest BCUT2D eigenvalue weighted by molar-refractivity contribution is 0.102. The van der Waals surface area contributed by atoms with Crippen molar-refractivity contribution in [3.05, 3.63) is 65.3 Å². The number of anilines is 1. The maximum absolute atomic E-state index is 12.3. The average Bonchev–Trinajstić information content (AvgIpc) is 3.21. The van der Waals surface area contributed by atoms with Gasteiger partial charge in [0.15, 0.2) is 0 Å². The fraction of sp³-hybridized carbons (Fsp3) is 0.0556. The molecule has 0 unspecified atom stereocenters. The molecule has 0 aliphatic heterocycles. The number of aromatic amines is 1. The summed E-state index contributed by atoms with van der Waals surface area (Å²) < 4.78 is 0. The molecule has 3 aromatic heterocycles. The second-order valence-corrected chi connectivity index (χ2v) is 6.28. The highest BCUT2D eigenvalue weighted by Crippen LogP contribution is 2.27. The Bertz CT molecular complexity index is 1000. The van der Waals surface area contributed by atoms with Crippen LogP contribution < -0.4 is 5.32 Å². The molecular formula is C18H14N4OS. The third-order valence-corrected chi connectivity index (χ3v) is 4.50. The normalized spacial score (nSPS) is 10.9. The molecule has 5 nitrogen and oxygen atoms in total. The van der Waals surface area contributed by atoms with Gasteiger partial charge in [0, 0.05) is 22.0 Å². The molecule has 4 aromatic rings. The number of amides is 1. The first-order valence-corrected chi connectivity index (χ1v) is 8.36. The highest BCUT2D eigenvalue weighted by atomic mass is 32.1. The average molecular weight is 334 g/mol. The molecule has 0 atom stereocenters. The smallest absolute Gasteiger partial charge is 0.276 e. The van der Waals surface area contributed by atoms with E-state index in [1.807, 2.05) is 49.4 Å². The number of hydrogen-bond acceptors (Lipinski definition) is 4. The van der Waals surface area contributed by atoms with Crippen LogP contribution in [0.4, 0.5) is 5.82 Å². The number of H-pyrrole nitrogens is 1. The third-order valence-electron chi connectivity index (χ3n) is 3.63. The standard InChI is InChI=1S/C18H14N4OS/c1-11-5-4-8-16(19-11)22-17(23)15-10-24-18(21-15)14-9-12-6-2-3-7-13(12)20-14/h2-10,20H,1H3,(H,19,22,23). The largest absolute Gasteiger partial charge is 0.353 e. The van der Waals surface area contributed by atoms with Gasteiger partial charge in [-0.3, -0.25) is 4.79 Å². The van der Waals surface area contributed by atoms with Gasteiger partial charge < -0.3 is 10.3 Å². The summed E-state index contributed by atoms with van der Waals surface area (Å²) in [6.07, 6.45) is 0. The first-order valence-electron chi connectivity index (χ1n) is 7.48. The van der Waals surface area contributed by atoms with Gasteiger partial charge in [0.25, 0.3) is 5.91 Å². The second kappa shape index (κ2) is 5.90.